The average molecular weight is 358 g/mol. The van der Waals surface area contributed by atoms with Gasteiger partial charge in [0, 0.05) is 10.6 Å². The van der Waals surface area contributed by atoms with Gasteiger partial charge < -0.3 is 10.1 Å². The number of rotatable bonds is 10. The summed E-state index contributed by atoms with van der Waals surface area (Å²) in [5.74, 6) is 0.0829. The van der Waals surface area contributed by atoms with Crippen LogP contribution in [-0.2, 0) is 9.53 Å². The molecule has 0 bridgehead atoms. The van der Waals surface area contributed by atoms with Gasteiger partial charge in [0.15, 0.2) is 0 Å². The molecule has 0 aliphatic heterocycles. The zero-order chi connectivity index (χ0) is 17.1. The summed E-state index contributed by atoms with van der Waals surface area (Å²) in [4.78, 5) is 24.4. The largest absolute Gasteiger partial charge is 0.464 e. The summed E-state index contributed by atoms with van der Waals surface area (Å²) >= 11 is 7.52. The molecule has 0 unspecified atom stereocenters. The fourth-order valence-electron chi connectivity index (χ4n) is 1.98. The highest BCUT2D eigenvalue weighted by atomic mass is 35.5. The lowest BCUT2D eigenvalue weighted by Crippen LogP contribution is -2.42. The maximum Gasteiger partial charge on any atom is 0.328 e. The van der Waals surface area contributed by atoms with Gasteiger partial charge in [-0.2, -0.15) is 11.8 Å². The first-order valence-electron chi connectivity index (χ1n) is 7.80. The third-order valence-corrected chi connectivity index (χ3v) is 4.16. The van der Waals surface area contributed by atoms with E-state index in [4.69, 9.17) is 16.3 Å². The summed E-state index contributed by atoms with van der Waals surface area (Å²) in [6.07, 6.45) is 5.44. The Balaban J connectivity index is 2.62. The quantitative estimate of drug-likeness (QED) is 0.509. The van der Waals surface area contributed by atoms with Crippen molar-refractivity contribution in [1.29, 1.82) is 0 Å². The van der Waals surface area contributed by atoms with E-state index in [1.54, 1.807) is 36.0 Å². The zero-order valence-corrected chi connectivity index (χ0v) is 15.2. The molecule has 1 N–H and O–H groups in total. The molecule has 0 heterocycles. The first-order valence-corrected chi connectivity index (χ1v) is 9.57. The minimum atomic E-state index is -0.629. The lowest BCUT2D eigenvalue weighted by atomic mass is 10.1. The molecule has 6 heteroatoms. The molecule has 1 atom stereocenters. The molecule has 0 fully saturated rings. The van der Waals surface area contributed by atoms with Gasteiger partial charge in [0.2, 0.25) is 0 Å². The first-order chi connectivity index (χ1) is 11.1. The molecule has 0 aliphatic carbocycles. The molecule has 1 amide bonds. The van der Waals surface area contributed by atoms with Gasteiger partial charge in [0.05, 0.1) is 6.61 Å². The molecule has 1 rings (SSSR count). The van der Waals surface area contributed by atoms with Crippen LogP contribution in [0.2, 0.25) is 5.02 Å². The van der Waals surface area contributed by atoms with E-state index in [2.05, 4.69) is 12.2 Å². The monoisotopic (exact) mass is 357 g/mol. The number of nitrogens with one attached hydrogen (secondary N) is 1. The Morgan fingerprint density at radius 3 is 2.78 bits per heavy atom. The second-order valence-electron chi connectivity index (χ2n) is 5.19. The number of carbonyl (C=O) groups excluding carboxylic acids is 2. The van der Waals surface area contributed by atoms with Crippen molar-refractivity contribution < 1.29 is 14.3 Å². The predicted octanol–water partition coefficient (Wildman–Crippen LogP) is 3.92. The van der Waals surface area contributed by atoms with Crippen LogP contribution in [0.5, 0.6) is 0 Å². The van der Waals surface area contributed by atoms with Crippen molar-refractivity contribution in [2.75, 3.05) is 18.6 Å². The highest BCUT2D eigenvalue weighted by molar-refractivity contribution is 7.98. The van der Waals surface area contributed by atoms with Crippen molar-refractivity contribution in [2.45, 2.75) is 38.6 Å². The van der Waals surface area contributed by atoms with Crippen molar-refractivity contribution in [3.63, 3.8) is 0 Å². The van der Waals surface area contributed by atoms with Gasteiger partial charge in [0.25, 0.3) is 5.91 Å². The number of halogens is 1. The zero-order valence-electron chi connectivity index (χ0n) is 13.6. The number of carbonyl (C=O) groups is 2. The Morgan fingerprint density at radius 1 is 1.35 bits per heavy atom. The minimum absolute atomic E-state index is 0.316. The topological polar surface area (TPSA) is 55.4 Å². The molecule has 0 saturated carbocycles. The maximum absolute atomic E-state index is 12.3. The van der Waals surface area contributed by atoms with Crippen LogP contribution < -0.4 is 5.32 Å². The molecular formula is C17H24ClNO3S. The normalized spacial score (nSPS) is 11.8. The number of ether oxygens (including phenoxy) is 1. The number of unbranched alkanes of at least 4 members (excludes halogenated alkanes) is 2. The van der Waals surface area contributed by atoms with Crippen LogP contribution >= 0.6 is 23.4 Å². The molecule has 0 saturated heterocycles. The standard InChI is InChI=1S/C17H24ClNO3S/c1-3-4-5-10-22-17(21)15(9-11-23-2)19-16(20)13-7-6-8-14(18)12-13/h6-8,12,15H,3-5,9-11H2,1-2H3,(H,19,20)/t15-/m0/s1. The number of amides is 1. The van der Waals surface area contributed by atoms with E-state index in [0.717, 1.165) is 25.0 Å². The molecule has 1 aromatic rings. The van der Waals surface area contributed by atoms with Gasteiger partial charge in [-0.25, -0.2) is 4.79 Å². The summed E-state index contributed by atoms with van der Waals surface area (Å²) in [6.45, 7) is 2.49. The summed E-state index contributed by atoms with van der Waals surface area (Å²) in [6, 6.07) is 6.02. The van der Waals surface area contributed by atoms with Gasteiger partial charge in [-0.3, -0.25) is 4.79 Å². The Labute approximate surface area is 147 Å². The molecule has 4 nitrogen and oxygen atoms in total. The second kappa shape index (κ2) is 11.4. The van der Waals surface area contributed by atoms with Crippen LogP contribution in [0.4, 0.5) is 0 Å². The number of hydrogen-bond donors (Lipinski definition) is 1. The summed E-state index contributed by atoms with van der Waals surface area (Å²) in [5.41, 5.74) is 0.436. The Morgan fingerprint density at radius 2 is 2.13 bits per heavy atom. The van der Waals surface area contributed by atoms with Crippen molar-refractivity contribution in [3.05, 3.63) is 34.9 Å². The molecule has 0 aliphatic rings. The SMILES string of the molecule is CCCCCOC(=O)[C@H](CCSC)NC(=O)c1cccc(Cl)c1. The maximum atomic E-state index is 12.3. The van der Waals surface area contributed by atoms with E-state index < -0.39 is 6.04 Å². The van der Waals surface area contributed by atoms with Crippen molar-refractivity contribution in [1.82, 2.24) is 5.32 Å². The number of esters is 1. The van der Waals surface area contributed by atoms with Crippen LogP contribution in [0.15, 0.2) is 24.3 Å². The van der Waals surface area contributed by atoms with Crippen LogP contribution in [0, 0.1) is 0 Å². The van der Waals surface area contributed by atoms with Gasteiger partial charge in [-0.15, -0.1) is 0 Å². The average Bonchev–Trinajstić information content (AvgIpc) is 2.55. The van der Waals surface area contributed by atoms with Crippen molar-refractivity contribution >= 4 is 35.2 Å². The fourth-order valence-corrected chi connectivity index (χ4v) is 2.64. The van der Waals surface area contributed by atoms with Gasteiger partial charge in [-0.05, 0) is 43.0 Å². The van der Waals surface area contributed by atoms with Crippen molar-refractivity contribution in [2.24, 2.45) is 0 Å². The lowest BCUT2D eigenvalue weighted by Gasteiger charge is -2.17. The van der Waals surface area contributed by atoms with Gasteiger partial charge in [-0.1, -0.05) is 37.4 Å². The van der Waals surface area contributed by atoms with Crippen LogP contribution in [0.3, 0.4) is 0 Å². The van der Waals surface area contributed by atoms with E-state index >= 15 is 0 Å². The van der Waals surface area contributed by atoms with E-state index in [1.165, 1.54) is 0 Å². The smallest absolute Gasteiger partial charge is 0.328 e. The summed E-state index contributed by atoms with van der Waals surface area (Å²) < 4.78 is 5.27. The highest BCUT2D eigenvalue weighted by Gasteiger charge is 2.22. The van der Waals surface area contributed by atoms with E-state index in [1.807, 2.05) is 6.26 Å². The molecule has 0 aromatic heterocycles. The van der Waals surface area contributed by atoms with Crippen LogP contribution in [0.25, 0.3) is 0 Å². The third kappa shape index (κ3) is 7.75. The van der Waals surface area contributed by atoms with E-state index in [-0.39, 0.29) is 11.9 Å². The molecule has 1 aromatic carbocycles. The van der Waals surface area contributed by atoms with Crippen LogP contribution in [-0.4, -0.2) is 36.5 Å². The molecule has 128 valence electrons. The summed E-state index contributed by atoms with van der Waals surface area (Å²) in [7, 11) is 0. The van der Waals surface area contributed by atoms with E-state index in [0.29, 0.717) is 23.6 Å². The van der Waals surface area contributed by atoms with Crippen molar-refractivity contribution in [3.8, 4) is 0 Å². The number of thioether (sulfide) groups is 1. The Kier molecular flexibility index (Phi) is 9.80. The lowest BCUT2D eigenvalue weighted by molar-refractivity contribution is -0.146. The second-order valence-corrected chi connectivity index (χ2v) is 6.61. The Bertz CT molecular complexity index is 510. The molecule has 0 spiro atoms. The fraction of sp³-hybridized carbons (Fsp3) is 0.529. The third-order valence-electron chi connectivity index (χ3n) is 3.28. The first kappa shape index (κ1) is 19.8. The summed E-state index contributed by atoms with van der Waals surface area (Å²) in [5, 5.41) is 3.24. The number of benzene rings is 1. The van der Waals surface area contributed by atoms with Gasteiger partial charge >= 0.3 is 5.97 Å². The molecular weight excluding hydrogens is 334 g/mol. The van der Waals surface area contributed by atoms with Crippen LogP contribution in [0.1, 0.15) is 43.0 Å². The molecule has 0 radical (unpaired) electrons. The number of hydrogen-bond acceptors (Lipinski definition) is 4. The Hall–Kier alpha value is -1.20. The minimum Gasteiger partial charge on any atom is -0.464 e. The van der Waals surface area contributed by atoms with Gasteiger partial charge in [0.1, 0.15) is 6.04 Å². The highest BCUT2D eigenvalue weighted by Crippen LogP contribution is 2.11. The van der Waals surface area contributed by atoms with E-state index in [9.17, 15) is 9.59 Å². The predicted molar refractivity (Wildman–Crippen MR) is 96.2 cm³/mol. The molecule has 23 heavy (non-hydrogen) atoms.